The molecule has 1 aromatic carbocycles. The first-order chi connectivity index (χ1) is 8.15. The second-order valence-corrected chi connectivity index (χ2v) is 3.70. The van der Waals surface area contributed by atoms with Crippen LogP contribution >= 0.6 is 0 Å². The number of hydrogen-bond acceptors (Lipinski definition) is 4. The minimum Gasteiger partial charge on any atom is -0.491 e. The summed E-state index contributed by atoms with van der Waals surface area (Å²) in [5, 5.41) is 18.1. The van der Waals surface area contributed by atoms with E-state index < -0.39 is 12.2 Å². The van der Waals surface area contributed by atoms with Crippen LogP contribution in [0.1, 0.15) is 25.5 Å². The summed E-state index contributed by atoms with van der Waals surface area (Å²) in [5.74, 6) is 0.649. The van der Waals surface area contributed by atoms with Crippen molar-refractivity contribution in [3.05, 3.63) is 29.8 Å². The smallest absolute Gasteiger partial charge is 0.141 e. The van der Waals surface area contributed by atoms with Crippen LogP contribution in [0.4, 0.5) is 0 Å². The van der Waals surface area contributed by atoms with Gasteiger partial charge in [0, 0.05) is 5.56 Å². The SMILES string of the molecule is CC(C#N)OCCOc1ccccc1[C@H](C)O. The first-order valence-electron chi connectivity index (χ1n) is 5.56. The van der Waals surface area contributed by atoms with Gasteiger partial charge in [-0.05, 0) is 19.9 Å². The molecule has 0 bridgehead atoms. The number of hydrogen-bond donors (Lipinski definition) is 1. The zero-order valence-electron chi connectivity index (χ0n) is 10.1. The maximum Gasteiger partial charge on any atom is 0.141 e. The van der Waals surface area contributed by atoms with E-state index in [2.05, 4.69) is 0 Å². The van der Waals surface area contributed by atoms with Crippen molar-refractivity contribution in [1.82, 2.24) is 0 Å². The summed E-state index contributed by atoms with van der Waals surface area (Å²) in [5.41, 5.74) is 0.751. The van der Waals surface area contributed by atoms with Gasteiger partial charge in [0.25, 0.3) is 0 Å². The van der Waals surface area contributed by atoms with E-state index in [9.17, 15) is 5.11 Å². The Morgan fingerprint density at radius 3 is 2.65 bits per heavy atom. The largest absolute Gasteiger partial charge is 0.491 e. The highest BCUT2D eigenvalue weighted by Crippen LogP contribution is 2.24. The molecule has 2 atom stereocenters. The van der Waals surface area contributed by atoms with Gasteiger partial charge in [0.15, 0.2) is 0 Å². The van der Waals surface area contributed by atoms with E-state index in [1.807, 2.05) is 24.3 Å². The van der Waals surface area contributed by atoms with E-state index in [1.165, 1.54) is 0 Å². The molecule has 0 aliphatic rings. The minimum atomic E-state index is -0.565. The zero-order valence-corrected chi connectivity index (χ0v) is 10.1. The molecule has 0 spiro atoms. The summed E-state index contributed by atoms with van der Waals surface area (Å²) in [6.45, 7) is 4.08. The molecule has 92 valence electrons. The Morgan fingerprint density at radius 1 is 1.29 bits per heavy atom. The fourth-order valence-electron chi connectivity index (χ4n) is 1.37. The summed E-state index contributed by atoms with van der Waals surface area (Å²) in [6.07, 6.45) is -0.990. The van der Waals surface area contributed by atoms with Crippen molar-refractivity contribution in [1.29, 1.82) is 5.26 Å². The lowest BCUT2D eigenvalue weighted by Gasteiger charge is -2.13. The van der Waals surface area contributed by atoms with Gasteiger partial charge in [0.05, 0.1) is 18.8 Å². The summed E-state index contributed by atoms with van der Waals surface area (Å²) < 4.78 is 10.7. The van der Waals surface area contributed by atoms with Crippen LogP contribution in [0.5, 0.6) is 5.75 Å². The molecule has 0 aliphatic heterocycles. The summed E-state index contributed by atoms with van der Waals surface area (Å²) >= 11 is 0. The molecule has 0 fully saturated rings. The molecule has 1 aromatic rings. The number of nitrogens with zero attached hydrogens (tertiary/aromatic N) is 1. The Hall–Kier alpha value is -1.57. The monoisotopic (exact) mass is 235 g/mol. The fraction of sp³-hybridized carbons (Fsp3) is 0.462. The lowest BCUT2D eigenvalue weighted by molar-refractivity contribution is 0.0732. The minimum absolute atomic E-state index is 0.350. The predicted octanol–water partition coefficient (Wildman–Crippen LogP) is 2.05. The number of nitriles is 1. The van der Waals surface area contributed by atoms with E-state index in [0.717, 1.165) is 5.56 Å². The first kappa shape index (κ1) is 13.5. The number of aliphatic hydroxyl groups is 1. The fourth-order valence-corrected chi connectivity index (χ4v) is 1.37. The Bertz CT molecular complexity index is 384. The molecule has 0 aromatic heterocycles. The van der Waals surface area contributed by atoms with Gasteiger partial charge in [-0.1, -0.05) is 18.2 Å². The summed E-state index contributed by atoms with van der Waals surface area (Å²) in [7, 11) is 0. The third kappa shape index (κ3) is 4.43. The standard InChI is InChI=1S/C13H17NO3/c1-10(9-14)16-7-8-17-13-6-4-3-5-12(13)11(2)15/h3-6,10-11,15H,7-8H2,1-2H3/t10?,11-/m0/s1. The van der Waals surface area contributed by atoms with Crippen LogP contribution in [-0.2, 0) is 4.74 Å². The van der Waals surface area contributed by atoms with Crippen LogP contribution in [0.2, 0.25) is 0 Å². The van der Waals surface area contributed by atoms with Crippen molar-refractivity contribution >= 4 is 0 Å². The molecule has 4 nitrogen and oxygen atoms in total. The van der Waals surface area contributed by atoms with Crippen LogP contribution in [0.3, 0.4) is 0 Å². The lowest BCUT2D eigenvalue weighted by Crippen LogP contribution is -2.13. The van der Waals surface area contributed by atoms with Gasteiger partial charge >= 0.3 is 0 Å². The quantitative estimate of drug-likeness (QED) is 0.766. The van der Waals surface area contributed by atoms with Crippen molar-refractivity contribution in [2.75, 3.05) is 13.2 Å². The van der Waals surface area contributed by atoms with Crippen molar-refractivity contribution in [2.24, 2.45) is 0 Å². The van der Waals surface area contributed by atoms with E-state index >= 15 is 0 Å². The highest BCUT2D eigenvalue weighted by Gasteiger charge is 2.08. The third-order valence-electron chi connectivity index (χ3n) is 2.26. The molecule has 1 unspecified atom stereocenters. The second kappa shape index (κ2) is 6.89. The third-order valence-corrected chi connectivity index (χ3v) is 2.26. The van der Waals surface area contributed by atoms with Crippen LogP contribution < -0.4 is 4.74 Å². The molecule has 0 amide bonds. The first-order valence-corrected chi connectivity index (χ1v) is 5.56. The van der Waals surface area contributed by atoms with E-state index in [1.54, 1.807) is 19.9 Å². The molecule has 0 aliphatic carbocycles. The Balaban J connectivity index is 2.44. The van der Waals surface area contributed by atoms with Gasteiger partial charge in [-0.15, -0.1) is 0 Å². The van der Waals surface area contributed by atoms with Gasteiger partial charge < -0.3 is 14.6 Å². The Morgan fingerprint density at radius 2 is 2.00 bits per heavy atom. The van der Waals surface area contributed by atoms with Crippen LogP contribution in [-0.4, -0.2) is 24.4 Å². The maximum atomic E-state index is 9.53. The molecule has 0 saturated carbocycles. The average molecular weight is 235 g/mol. The topological polar surface area (TPSA) is 62.5 Å². The molecular weight excluding hydrogens is 218 g/mol. The van der Waals surface area contributed by atoms with Crippen LogP contribution in [0, 0.1) is 11.3 Å². The van der Waals surface area contributed by atoms with Gasteiger partial charge in [-0.2, -0.15) is 5.26 Å². The lowest BCUT2D eigenvalue weighted by atomic mass is 10.1. The second-order valence-electron chi connectivity index (χ2n) is 3.70. The number of ether oxygens (including phenoxy) is 2. The number of rotatable bonds is 6. The molecule has 0 radical (unpaired) electrons. The molecule has 0 heterocycles. The van der Waals surface area contributed by atoms with Gasteiger partial charge in [0.2, 0.25) is 0 Å². The van der Waals surface area contributed by atoms with Gasteiger partial charge in [-0.25, -0.2) is 0 Å². The molecular formula is C13H17NO3. The van der Waals surface area contributed by atoms with Gasteiger partial charge in [-0.3, -0.25) is 0 Å². The van der Waals surface area contributed by atoms with Crippen molar-refractivity contribution in [2.45, 2.75) is 26.1 Å². The molecule has 17 heavy (non-hydrogen) atoms. The Kier molecular flexibility index (Phi) is 5.47. The zero-order chi connectivity index (χ0) is 12.7. The van der Waals surface area contributed by atoms with Gasteiger partial charge in [0.1, 0.15) is 18.5 Å². The molecule has 1 N–H and O–H groups in total. The van der Waals surface area contributed by atoms with Crippen LogP contribution in [0.25, 0.3) is 0 Å². The van der Waals surface area contributed by atoms with Crippen molar-refractivity contribution in [3.63, 3.8) is 0 Å². The van der Waals surface area contributed by atoms with E-state index in [4.69, 9.17) is 14.7 Å². The number of para-hydroxylation sites is 1. The predicted molar refractivity (Wildman–Crippen MR) is 63.6 cm³/mol. The highest BCUT2D eigenvalue weighted by molar-refractivity contribution is 5.34. The van der Waals surface area contributed by atoms with E-state index in [0.29, 0.717) is 19.0 Å². The van der Waals surface area contributed by atoms with E-state index in [-0.39, 0.29) is 0 Å². The molecule has 1 rings (SSSR count). The Labute approximate surface area is 101 Å². The van der Waals surface area contributed by atoms with Crippen LogP contribution in [0.15, 0.2) is 24.3 Å². The number of benzene rings is 1. The summed E-state index contributed by atoms with van der Waals surface area (Å²) in [4.78, 5) is 0. The molecule has 4 heteroatoms. The van der Waals surface area contributed by atoms with Crippen molar-refractivity contribution < 1.29 is 14.6 Å². The van der Waals surface area contributed by atoms with Crippen molar-refractivity contribution in [3.8, 4) is 11.8 Å². The highest BCUT2D eigenvalue weighted by atomic mass is 16.5. The number of aliphatic hydroxyl groups excluding tert-OH is 1. The maximum absolute atomic E-state index is 9.53. The molecule has 0 saturated heterocycles. The normalized spacial score (nSPS) is 13.8. The average Bonchev–Trinajstić information content (AvgIpc) is 2.34. The summed E-state index contributed by atoms with van der Waals surface area (Å²) in [6, 6.07) is 9.29.